The molecule has 2 aliphatic heterocycles. The summed E-state index contributed by atoms with van der Waals surface area (Å²) in [5.41, 5.74) is 0.615. The highest BCUT2D eigenvalue weighted by atomic mass is 32.2. The molecule has 32 heavy (non-hydrogen) atoms. The second kappa shape index (κ2) is 7.74. The minimum absolute atomic E-state index is 0.0450. The lowest BCUT2D eigenvalue weighted by Crippen LogP contribution is -2.30. The predicted octanol–water partition coefficient (Wildman–Crippen LogP) is 1.34. The summed E-state index contributed by atoms with van der Waals surface area (Å²) in [5.74, 6) is -1.48. The zero-order valence-corrected chi connectivity index (χ0v) is 19.5. The van der Waals surface area contributed by atoms with Crippen LogP contribution in [0.2, 0.25) is 0 Å². The molecule has 2 aliphatic rings. The van der Waals surface area contributed by atoms with Gasteiger partial charge in [-0.3, -0.25) is 13.8 Å². The molecule has 172 valence electrons. The number of nitrogens with zero attached hydrogens (tertiary/aromatic N) is 2. The fourth-order valence-corrected chi connectivity index (χ4v) is 8.14. The van der Waals surface area contributed by atoms with Gasteiger partial charge >= 0.3 is 0 Å². The summed E-state index contributed by atoms with van der Waals surface area (Å²) < 4.78 is 78.6. The van der Waals surface area contributed by atoms with Crippen LogP contribution in [0.1, 0.15) is 13.3 Å². The van der Waals surface area contributed by atoms with Gasteiger partial charge in [-0.2, -0.15) is 0 Å². The molecular weight excluding hydrogens is 478 g/mol. The second-order valence-corrected chi connectivity index (χ2v) is 13.2. The Bertz CT molecular complexity index is 1390. The summed E-state index contributed by atoms with van der Waals surface area (Å²) >= 11 is 0. The largest absolute Gasteiger partial charge is 0.280 e. The maximum absolute atomic E-state index is 12.8. The Morgan fingerprint density at radius 2 is 1.66 bits per heavy atom. The molecule has 2 heterocycles. The molecule has 1 amide bonds. The minimum atomic E-state index is -4.05. The summed E-state index contributed by atoms with van der Waals surface area (Å²) in [6.07, 6.45) is 0.499. The van der Waals surface area contributed by atoms with Crippen LogP contribution in [-0.4, -0.2) is 49.2 Å². The highest BCUT2D eigenvalue weighted by molar-refractivity contribution is 7.94. The first-order valence-electron chi connectivity index (χ1n) is 9.71. The summed E-state index contributed by atoms with van der Waals surface area (Å²) in [7, 11) is -11.2. The number of sulfonamides is 3. The molecule has 0 spiro atoms. The molecule has 1 atom stereocenters. The third kappa shape index (κ3) is 4.07. The van der Waals surface area contributed by atoms with Gasteiger partial charge in [-0.05, 0) is 48.9 Å². The highest BCUT2D eigenvalue weighted by Crippen LogP contribution is 2.30. The van der Waals surface area contributed by atoms with Gasteiger partial charge in [-0.25, -0.2) is 29.6 Å². The summed E-state index contributed by atoms with van der Waals surface area (Å²) in [5, 5.41) is 0. The van der Waals surface area contributed by atoms with Crippen molar-refractivity contribution in [1.29, 1.82) is 0 Å². The minimum Gasteiger partial charge on any atom is -0.280 e. The highest BCUT2D eigenvalue weighted by Gasteiger charge is 2.42. The summed E-state index contributed by atoms with van der Waals surface area (Å²) in [4.78, 5) is 12.1. The van der Waals surface area contributed by atoms with E-state index < -0.39 is 41.9 Å². The van der Waals surface area contributed by atoms with E-state index in [1.807, 2.05) is 0 Å². The van der Waals surface area contributed by atoms with E-state index in [9.17, 15) is 30.0 Å². The Hall–Kier alpha value is -2.64. The first-order chi connectivity index (χ1) is 14.9. The molecule has 0 radical (unpaired) electrons. The van der Waals surface area contributed by atoms with Crippen LogP contribution in [-0.2, 0) is 34.9 Å². The van der Waals surface area contributed by atoms with Crippen molar-refractivity contribution in [2.24, 2.45) is 5.92 Å². The van der Waals surface area contributed by atoms with Crippen LogP contribution in [0.3, 0.4) is 0 Å². The van der Waals surface area contributed by atoms with Crippen LogP contribution in [0, 0.1) is 5.92 Å². The van der Waals surface area contributed by atoms with Crippen molar-refractivity contribution in [3.63, 3.8) is 0 Å². The first kappa shape index (κ1) is 22.6. The number of nitrogens with one attached hydrogen (secondary N) is 1. The molecule has 1 N–H and O–H groups in total. The number of carbonyl (C=O) groups is 1. The van der Waals surface area contributed by atoms with E-state index in [-0.39, 0.29) is 27.8 Å². The Morgan fingerprint density at radius 1 is 0.969 bits per heavy atom. The Labute approximate surface area is 187 Å². The average molecular weight is 500 g/mol. The lowest BCUT2D eigenvalue weighted by atomic mass is 10.2. The van der Waals surface area contributed by atoms with Crippen LogP contribution in [0.4, 0.5) is 17.1 Å². The van der Waals surface area contributed by atoms with Gasteiger partial charge in [-0.15, -0.1) is 0 Å². The Kier molecular flexibility index (Phi) is 5.46. The van der Waals surface area contributed by atoms with Crippen molar-refractivity contribution < 1.29 is 30.0 Å². The molecule has 4 rings (SSSR count). The van der Waals surface area contributed by atoms with Crippen molar-refractivity contribution in [1.82, 2.24) is 0 Å². The van der Waals surface area contributed by atoms with Gasteiger partial charge in [-0.1, -0.05) is 13.0 Å². The van der Waals surface area contributed by atoms with E-state index in [0.29, 0.717) is 23.0 Å². The number of anilines is 3. The van der Waals surface area contributed by atoms with Gasteiger partial charge in [0.25, 0.3) is 10.0 Å². The van der Waals surface area contributed by atoms with E-state index in [1.54, 1.807) is 12.1 Å². The third-order valence-electron chi connectivity index (χ3n) is 5.23. The fourth-order valence-electron chi connectivity index (χ4n) is 3.72. The topological polar surface area (TPSA) is 138 Å². The smallest absolute Gasteiger partial charge is 0.261 e. The van der Waals surface area contributed by atoms with E-state index in [0.717, 1.165) is 0 Å². The Balaban J connectivity index is 1.58. The summed E-state index contributed by atoms with van der Waals surface area (Å²) in [6.45, 7) is 1.85. The molecule has 1 unspecified atom stereocenters. The standard InChI is InChI=1S/C19H21N3O7S3/c1-14-13-31(26,27)22(19(14)23)16-6-8-18(9-7-16)32(28,29)20-15-4-2-5-17(12-15)21-10-3-11-30(21,24)25/h2,4-9,12,14,20H,3,10-11,13H2,1H3. The van der Waals surface area contributed by atoms with Gasteiger partial charge < -0.3 is 0 Å². The zero-order chi connectivity index (χ0) is 23.3. The van der Waals surface area contributed by atoms with E-state index in [1.165, 1.54) is 47.6 Å². The van der Waals surface area contributed by atoms with E-state index >= 15 is 0 Å². The molecule has 0 aliphatic carbocycles. The van der Waals surface area contributed by atoms with Gasteiger partial charge in [0.1, 0.15) is 0 Å². The van der Waals surface area contributed by atoms with Crippen molar-refractivity contribution >= 4 is 53.0 Å². The number of hydrogen-bond acceptors (Lipinski definition) is 7. The van der Waals surface area contributed by atoms with Gasteiger partial charge in [0, 0.05) is 6.54 Å². The Morgan fingerprint density at radius 3 is 2.22 bits per heavy atom. The van der Waals surface area contributed by atoms with Gasteiger partial charge in [0.05, 0.1) is 39.4 Å². The number of rotatable bonds is 5. The fraction of sp³-hybridized carbons (Fsp3) is 0.316. The van der Waals surface area contributed by atoms with Crippen molar-refractivity contribution in [3.05, 3.63) is 48.5 Å². The predicted molar refractivity (Wildman–Crippen MR) is 120 cm³/mol. The summed E-state index contributed by atoms with van der Waals surface area (Å²) in [6, 6.07) is 11.0. The van der Waals surface area contributed by atoms with Crippen LogP contribution in [0.5, 0.6) is 0 Å². The van der Waals surface area contributed by atoms with Crippen LogP contribution in [0.15, 0.2) is 53.4 Å². The molecule has 13 heteroatoms. The van der Waals surface area contributed by atoms with Crippen molar-refractivity contribution in [2.75, 3.05) is 31.4 Å². The quantitative estimate of drug-likeness (QED) is 0.655. The molecule has 0 bridgehead atoms. The van der Waals surface area contributed by atoms with Crippen molar-refractivity contribution in [3.8, 4) is 0 Å². The molecule has 2 fully saturated rings. The lowest BCUT2D eigenvalue weighted by Gasteiger charge is -2.18. The number of amides is 1. The molecule has 2 saturated heterocycles. The normalized spacial score (nSPS) is 22.3. The zero-order valence-electron chi connectivity index (χ0n) is 17.0. The van der Waals surface area contributed by atoms with E-state index in [2.05, 4.69) is 4.72 Å². The molecule has 0 saturated carbocycles. The van der Waals surface area contributed by atoms with Crippen molar-refractivity contribution in [2.45, 2.75) is 18.2 Å². The van der Waals surface area contributed by atoms with Crippen LogP contribution >= 0.6 is 0 Å². The molecule has 0 aromatic heterocycles. The molecular formula is C19H21N3O7S3. The molecule has 2 aromatic rings. The maximum Gasteiger partial charge on any atom is 0.261 e. The molecule has 2 aromatic carbocycles. The second-order valence-electron chi connectivity index (χ2n) is 7.67. The number of carbonyl (C=O) groups excluding carboxylic acids is 1. The van der Waals surface area contributed by atoms with Crippen LogP contribution in [0.25, 0.3) is 0 Å². The average Bonchev–Trinajstić information content (AvgIpc) is 3.16. The van der Waals surface area contributed by atoms with E-state index in [4.69, 9.17) is 0 Å². The maximum atomic E-state index is 12.8. The van der Waals surface area contributed by atoms with Crippen LogP contribution < -0.4 is 13.3 Å². The number of hydrogen-bond donors (Lipinski definition) is 1. The molecule has 10 nitrogen and oxygen atoms in total. The van der Waals surface area contributed by atoms with Gasteiger partial charge in [0.15, 0.2) is 0 Å². The lowest BCUT2D eigenvalue weighted by molar-refractivity contribution is -0.119. The first-order valence-corrected chi connectivity index (χ1v) is 14.4. The number of benzene rings is 2. The SMILES string of the molecule is CC1CS(=O)(=O)N(c2ccc(S(=O)(=O)Nc3cccc(N4CCCS4(=O)=O)c3)cc2)C1=O. The monoisotopic (exact) mass is 499 g/mol. The van der Waals surface area contributed by atoms with Gasteiger partial charge in [0.2, 0.25) is 26.0 Å². The third-order valence-corrected chi connectivity index (χ3v) is 10.4.